The van der Waals surface area contributed by atoms with Gasteiger partial charge in [-0.25, -0.2) is 24.9 Å². The van der Waals surface area contributed by atoms with Gasteiger partial charge in [-0.2, -0.15) is 5.10 Å². The van der Waals surface area contributed by atoms with Crippen molar-refractivity contribution in [3.63, 3.8) is 0 Å². The molecule has 6 nitrogen and oxygen atoms in total. The molecule has 3 N–H and O–H groups in total. The van der Waals surface area contributed by atoms with Crippen molar-refractivity contribution < 1.29 is 4.39 Å². The maximum atomic E-state index is 13.0. The summed E-state index contributed by atoms with van der Waals surface area (Å²) in [6, 6.07) is 6.03. The summed E-state index contributed by atoms with van der Waals surface area (Å²) in [6.45, 7) is 1.84. The molecule has 3 aromatic rings. The van der Waals surface area contributed by atoms with Crippen LogP contribution in [0, 0.1) is 12.7 Å². The number of nitrogen functional groups attached to an aromatic ring is 1. The van der Waals surface area contributed by atoms with E-state index in [-0.39, 0.29) is 5.82 Å². The number of fused-ring (bicyclic) bond motifs is 1. The minimum absolute atomic E-state index is 0.295. The molecule has 2 heterocycles. The van der Waals surface area contributed by atoms with Crippen LogP contribution in [-0.2, 0) is 0 Å². The monoisotopic (exact) mass is 258 g/mol. The SMILES string of the molecule is Cc1nn(-c2ccc(F)cc2)c2ncnc(NN)c12. The van der Waals surface area contributed by atoms with Gasteiger partial charge in [-0.05, 0) is 31.2 Å². The molecule has 0 bridgehead atoms. The molecular weight excluding hydrogens is 247 g/mol. The number of benzene rings is 1. The average molecular weight is 258 g/mol. The molecule has 1 aromatic carbocycles. The molecule has 3 rings (SSSR count). The molecule has 0 saturated heterocycles. The summed E-state index contributed by atoms with van der Waals surface area (Å²) in [6.07, 6.45) is 1.40. The maximum Gasteiger partial charge on any atom is 0.168 e. The number of nitrogens with one attached hydrogen (secondary N) is 1. The van der Waals surface area contributed by atoms with Gasteiger partial charge in [0.1, 0.15) is 12.1 Å². The Kier molecular flexibility index (Phi) is 2.60. The first-order valence-corrected chi connectivity index (χ1v) is 5.63. The fraction of sp³-hybridized carbons (Fsp3) is 0.0833. The molecule has 0 aliphatic carbocycles. The Bertz CT molecular complexity index is 734. The van der Waals surface area contributed by atoms with Gasteiger partial charge in [0.25, 0.3) is 0 Å². The fourth-order valence-corrected chi connectivity index (χ4v) is 1.99. The Labute approximate surface area is 108 Å². The predicted octanol–water partition coefficient (Wildman–Crippen LogP) is 1.55. The van der Waals surface area contributed by atoms with Crippen molar-refractivity contribution in [2.75, 3.05) is 5.43 Å². The number of aryl methyl sites for hydroxylation is 1. The first-order chi connectivity index (χ1) is 9.20. The van der Waals surface area contributed by atoms with E-state index in [1.54, 1.807) is 16.8 Å². The van der Waals surface area contributed by atoms with Crippen molar-refractivity contribution in [2.24, 2.45) is 5.84 Å². The van der Waals surface area contributed by atoms with Crippen LogP contribution >= 0.6 is 0 Å². The van der Waals surface area contributed by atoms with Gasteiger partial charge in [0.05, 0.1) is 16.8 Å². The van der Waals surface area contributed by atoms with E-state index in [4.69, 9.17) is 5.84 Å². The molecule has 2 aromatic heterocycles. The van der Waals surface area contributed by atoms with Crippen LogP contribution in [0.5, 0.6) is 0 Å². The number of anilines is 1. The van der Waals surface area contributed by atoms with E-state index in [1.807, 2.05) is 6.92 Å². The Morgan fingerprint density at radius 3 is 2.63 bits per heavy atom. The number of nitrogens with two attached hydrogens (primary N) is 1. The molecule has 0 radical (unpaired) electrons. The van der Waals surface area contributed by atoms with Crippen molar-refractivity contribution in [3.8, 4) is 5.69 Å². The lowest BCUT2D eigenvalue weighted by molar-refractivity contribution is 0.627. The smallest absolute Gasteiger partial charge is 0.168 e. The number of hydrogen-bond donors (Lipinski definition) is 2. The van der Waals surface area contributed by atoms with Gasteiger partial charge in [-0.1, -0.05) is 0 Å². The highest BCUT2D eigenvalue weighted by Crippen LogP contribution is 2.24. The van der Waals surface area contributed by atoms with Gasteiger partial charge in [0.2, 0.25) is 0 Å². The summed E-state index contributed by atoms with van der Waals surface area (Å²) < 4.78 is 14.6. The van der Waals surface area contributed by atoms with Gasteiger partial charge in [0.15, 0.2) is 11.5 Å². The molecule has 0 aliphatic heterocycles. The third-order valence-electron chi connectivity index (χ3n) is 2.85. The van der Waals surface area contributed by atoms with Gasteiger partial charge >= 0.3 is 0 Å². The van der Waals surface area contributed by atoms with Crippen molar-refractivity contribution >= 4 is 16.9 Å². The second kappa shape index (κ2) is 4.29. The normalized spacial score (nSPS) is 10.9. The third kappa shape index (κ3) is 1.80. The Balaban J connectivity index is 2.28. The minimum atomic E-state index is -0.295. The van der Waals surface area contributed by atoms with Crippen LogP contribution in [0.25, 0.3) is 16.7 Å². The second-order valence-electron chi connectivity index (χ2n) is 4.04. The Morgan fingerprint density at radius 1 is 1.21 bits per heavy atom. The summed E-state index contributed by atoms with van der Waals surface area (Å²) in [5, 5.41) is 5.14. The summed E-state index contributed by atoms with van der Waals surface area (Å²) in [7, 11) is 0. The summed E-state index contributed by atoms with van der Waals surface area (Å²) >= 11 is 0. The van der Waals surface area contributed by atoms with Crippen LogP contribution in [0.4, 0.5) is 10.2 Å². The summed E-state index contributed by atoms with van der Waals surface area (Å²) in [4.78, 5) is 8.26. The first-order valence-electron chi connectivity index (χ1n) is 5.63. The van der Waals surface area contributed by atoms with Crippen molar-refractivity contribution in [2.45, 2.75) is 6.92 Å². The standard InChI is InChI=1S/C12H11FN6/c1-7-10-11(17-14)15-6-16-12(10)19(18-7)9-4-2-8(13)3-5-9/h2-6H,14H2,1H3,(H,15,16,17). The Hall–Kier alpha value is -2.54. The molecule has 0 amide bonds. The molecule has 0 fully saturated rings. The predicted molar refractivity (Wildman–Crippen MR) is 69.2 cm³/mol. The highest BCUT2D eigenvalue weighted by atomic mass is 19.1. The lowest BCUT2D eigenvalue weighted by Crippen LogP contribution is -2.09. The zero-order valence-electron chi connectivity index (χ0n) is 10.1. The number of halogens is 1. The van der Waals surface area contributed by atoms with E-state index < -0.39 is 0 Å². The maximum absolute atomic E-state index is 13.0. The van der Waals surface area contributed by atoms with E-state index in [9.17, 15) is 4.39 Å². The zero-order valence-corrected chi connectivity index (χ0v) is 10.1. The minimum Gasteiger partial charge on any atom is -0.308 e. The first kappa shape index (κ1) is 11.5. The van der Waals surface area contributed by atoms with Gasteiger partial charge in [0, 0.05) is 0 Å². The summed E-state index contributed by atoms with van der Waals surface area (Å²) in [5.41, 5.74) is 4.60. The van der Waals surface area contributed by atoms with Gasteiger partial charge in [-0.15, -0.1) is 0 Å². The van der Waals surface area contributed by atoms with E-state index in [0.717, 1.165) is 16.8 Å². The van der Waals surface area contributed by atoms with Crippen LogP contribution in [-0.4, -0.2) is 19.7 Å². The number of hydrogen-bond acceptors (Lipinski definition) is 5. The number of aromatic nitrogens is 4. The van der Waals surface area contributed by atoms with Crippen LogP contribution < -0.4 is 11.3 Å². The highest BCUT2D eigenvalue weighted by molar-refractivity contribution is 5.89. The van der Waals surface area contributed by atoms with E-state index in [1.165, 1.54) is 18.5 Å². The Morgan fingerprint density at radius 2 is 1.95 bits per heavy atom. The number of nitrogens with zero attached hydrogens (tertiary/aromatic N) is 4. The van der Waals surface area contributed by atoms with Crippen molar-refractivity contribution in [3.05, 3.63) is 42.1 Å². The summed E-state index contributed by atoms with van der Waals surface area (Å²) in [5.74, 6) is 5.64. The average Bonchev–Trinajstić information content (AvgIpc) is 2.77. The lowest BCUT2D eigenvalue weighted by Gasteiger charge is -2.03. The topological polar surface area (TPSA) is 81.7 Å². The van der Waals surface area contributed by atoms with Crippen LogP contribution in [0.15, 0.2) is 30.6 Å². The molecule has 0 saturated carbocycles. The highest BCUT2D eigenvalue weighted by Gasteiger charge is 2.14. The van der Waals surface area contributed by atoms with Crippen LogP contribution in [0.1, 0.15) is 5.69 Å². The van der Waals surface area contributed by atoms with Crippen LogP contribution in [0.3, 0.4) is 0 Å². The van der Waals surface area contributed by atoms with Gasteiger partial charge in [-0.3, -0.25) is 0 Å². The molecule has 7 heteroatoms. The van der Waals surface area contributed by atoms with Crippen molar-refractivity contribution in [1.29, 1.82) is 0 Å². The van der Waals surface area contributed by atoms with Gasteiger partial charge < -0.3 is 5.43 Å². The molecule has 0 unspecified atom stereocenters. The quantitative estimate of drug-likeness (QED) is 0.538. The molecule has 0 spiro atoms. The van der Waals surface area contributed by atoms with E-state index >= 15 is 0 Å². The molecular formula is C12H11FN6. The molecule has 0 atom stereocenters. The zero-order chi connectivity index (χ0) is 13.4. The second-order valence-corrected chi connectivity index (χ2v) is 4.04. The van der Waals surface area contributed by atoms with E-state index in [2.05, 4.69) is 20.5 Å². The number of rotatable bonds is 2. The number of hydrazine groups is 1. The van der Waals surface area contributed by atoms with Crippen molar-refractivity contribution in [1.82, 2.24) is 19.7 Å². The lowest BCUT2D eigenvalue weighted by atomic mass is 10.3. The largest absolute Gasteiger partial charge is 0.308 e. The molecule has 19 heavy (non-hydrogen) atoms. The fourth-order valence-electron chi connectivity index (χ4n) is 1.99. The third-order valence-corrected chi connectivity index (χ3v) is 2.85. The van der Waals surface area contributed by atoms with E-state index in [0.29, 0.717) is 11.5 Å². The van der Waals surface area contributed by atoms with Crippen LogP contribution in [0.2, 0.25) is 0 Å². The molecule has 0 aliphatic rings. The molecule has 96 valence electrons.